The smallest absolute Gasteiger partial charge is 0.422 e. The Balaban J connectivity index is 0.00000484. The maximum atomic E-state index is 12.2. The molecule has 132 valence electrons. The van der Waals surface area contributed by atoms with Gasteiger partial charge in [-0.1, -0.05) is 0 Å². The van der Waals surface area contributed by atoms with Gasteiger partial charge in [0.1, 0.15) is 0 Å². The Hall–Kier alpha value is -1.67. The molecule has 0 aromatic heterocycles. The number of nitrogens with one attached hydrogen (secondary N) is 2. The van der Waals surface area contributed by atoms with Crippen molar-refractivity contribution in [3.63, 3.8) is 0 Å². The van der Waals surface area contributed by atoms with Crippen LogP contribution >= 0.6 is 12.4 Å². The quantitative estimate of drug-likeness (QED) is 0.703. The molecule has 0 saturated carbocycles. The van der Waals surface area contributed by atoms with Gasteiger partial charge in [-0.15, -0.1) is 12.4 Å². The number of carbonyl (C=O) groups is 1. The first-order valence-electron chi connectivity index (χ1n) is 6.67. The highest BCUT2D eigenvalue weighted by atomic mass is 35.5. The van der Waals surface area contributed by atoms with Crippen molar-refractivity contribution in [3.8, 4) is 11.5 Å². The second-order valence-electron chi connectivity index (χ2n) is 4.52. The van der Waals surface area contributed by atoms with Gasteiger partial charge in [-0.2, -0.15) is 13.2 Å². The molecule has 9 heteroatoms. The third-order valence-electron chi connectivity index (χ3n) is 2.67. The molecular weight excluding hydrogens is 337 g/mol. The number of hydrogen-bond acceptors (Lipinski definition) is 4. The molecule has 0 fully saturated rings. The summed E-state index contributed by atoms with van der Waals surface area (Å²) in [4.78, 5) is 11.7. The first kappa shape index (κ1) is 21.3. The average Bonchev–Trinajstić information content (AvgIpc) is 2.45. The van der Waals surface area contributed by atoms with Crippen LogP contribution in [0.4, 0.5) is 18.9 Å². The molecule has 1 rings (SSSR count). The summed E-state index contributed by atoms with van der Waals surface area (Å²) in [6.45, 7) is -0.723. The fraction of sp³-hybridized carbons (Fsp3) is 0.500. The van der Waals surface area contributed by atoms with Crippen LogP contribution in [0.3, 0.4) is 0 Å². The highest BCUT2D eigenvalue weighted by Gasteiger charge is 2.29. The molecule has 0 spiro atoms. The molecular formula is C14H20ClF3N2O3. The Labute approximate surface area is 138 Å². The minimum Gasteiger partial charge on any atom is -0.493 e. The minimum atomic E-state index is -4.45. The number of methoxy groups -OCH3 is 1. The number of rotatable bonds is 8. The van der Waals surface area contributed by atoms with Gasteiger partial charge >= 0.3 is 6.18 Å². The largest absolute Gasteiger partial charge is 0.493 e. The van der Waals surface area contributed by atoms with Gasteiger partial charge in [0.25, 0.3) is 0 Å². The van der Waals surface area contributed by atoms with Crippen LogP contribution in [0.2, 0.25) is 0 Å². The standard InChI is InChI=1S/C14H19F3N2O3.ClH/c1-18-7-3-4-13(20)19-10-5-6-11(21-2)12(8-10)22-9-14(15,16)17;/h5-6,8,18H,3-4,7,9H2,1-2H3,(H,19,20);1H. The van der Waals surface area contributed by atoms with E-state index >= 15 is 0 Å². The van der Waals surface area contributed by atoms with Crippen LogP contribution in [0, 0.1) is 0 Å². The minimum absolute atomic E-state index is 0. The topological polar surface area (TPSA) is 59.6 Å². The van der Waals surface area contributed by atoms with Crippen molar-refractivity contribution in [2.45, 2.75) is 19.0 Å². The number of amides is 1. The van der Waals surface area contributed by atoms with Gasteiger partial charge in [-0.05, 0) is 32.1 Å². The fourth-order valence-corrected chi connectivity index (χ4v) is 1.68. The van der Waals surface area contributed by atoms with Crippen molar-refractivity contribution in [3.05, 3.63) is 18.2 Å². The van der Waals surface area contributed by atoms with Gasteiger partial charge in [0.2, 0.25) is 5.91 Å². The van der Waals surface area contributed by atoms with Crippen LogP contribution in [-0.4, -0.2) is 39.4 Å². The van der Waals surface area contributed by atoms with E-state index in [2.05, 4.69) is 10.6 Å². The summed E-state index contributed by atoms with van der Waals surface area (Å²) in [5, 5.41) is 5.53. The van der Waals surface area contributed by atoms with Crippen LogP contribution in [-0.2, 0) is 4.79 Å². The van der Waals surface area contributed by atoms with E-state index in [4.69, 9.17) is 9.47 Å². The zero-order chi connectivity index (χ0) is 16.6. The molecule has 0 bridgehead atoms. The Morgan fingerprint density at radius 2 is 1.96 bits per heavy atom. The summed E-state index contributed by atoms with van der Waals surface area (Å²) < 4.78 is 46.3. The first-order chi connectivity index (χ1) is 10.4. The Bertz CT molecular complexity index is 499. The third-order valence-corrected chi connectivity index (χ3v) is 2.67. The molecule has 5 nitrogen and oxygen atoms in total. The molecule has 0 heterocycles. The summed E-state index contributed by atoms with van der Waals surface area (Å²) in [6, 6.07) is 4.28. The van der Waals surface area contributed by atoms with E-state index in [1.807, 2.05) is 0 Å². The molecule has 23 heavy (non-hydrogen) atoms. The van der Waals surface area contributed by atoms with Crippen molar-refractivity contribution >= 4 is 24.0 Å². The van der Waals surface area contributed by atoms with Crippen molar-refractivity contribution in [2.24, 2.45) is 0 Å². The van der Waals surface area contributed by atoms with Gasteiger partial charge in [0.15, 0.2) is 18.1 Å². The molecule has 0 radical (unpaired) electrons. The molecule has 1 aromatic rings. The molecule has 0 saturated heterocycles. The van der Waals surface area contributed by atoms with Gasteiger partial charge in [-0.3, -0.25) is 4.79 Å². The fourth-order valence-electron chi connectivity index (χ4n) is 1.68. The SMILES string of the molecule is CNCCCC(=O)Nc1ccc(OC)c(OCC(F)(F)F)c1.Cl. The van der Waals surface area contributed by atoms with Crippen LogP contribution < -0.4 is 20.1 Å². The number of halogens is 4. The Morgan fingerprint density at radius 3 is 2.52 bits per heavy atom. The lowest BCUT2D eigenvalue weighted by Gasteiger charge is -2.14. The predicted molar refractivity (Wildman–Crippen MR) is 83.6 cm³/mol. The molecule has 1 amide bonds. The van der Waals surface area contributed by atoms with Crippen molar-refractivity contribution in [1.29, 1.82) is 0 Å². The van der Waals surface area contributed by atoms with E-state index in [1.165, 1.54) is 25.3 Å². The first-order valence-corrected chi connectivity index (χ1v) is 6.67. The number of anilines is 1. The highest BCUT2D eigenvalue weighted by Crippen LogP contribution is 2.31. The lowest BCUT2D eigenvalue weighted by atomic mass is 10.2. The monoisotopic (exact) mass is 356 g/mol. The zero-order valence-electron chi connectivity index (χ0n) is 12.8. The van der Waals surface area contributed by atoms with Crippen molar-refractivity contribution in [1.82, 2.24) is 5.32 Å². The normalized spacial score (nSPS) is 10.7. The summed E-state index contributed by atoms with van der Waals surface area (Å²) in [6.07, 6.45) is -3.47. The molecule has 0 atom stereocenters. The Morgan fingerprint density at radius 1 is 1.26 bits per heavy atom. The van der Waals surface area contributed by atoms with E-state index in [1.54, 1.807) is 7.05 Å². The van der Waals surface area contributed by atoms with Gasteiger partial charge < -0.3 is 20.1 Å². The van der Waals surface area contributed by atoms with E-state index in [0.717, 1.165) is 0 Å². The summed E-state index contributed by atoms with van der Waals surface area (Å²) in [5.74, 6) is -0.132. The van der Waals surface area contributed by atoms with E-state index in [-0.39, 0.29) is 29.8 Å². The molecule has 0 unspecified atom stereocenters. The molecule has 0 aliphatic heterocycles. The van der Waals surface area contributed by atoms with E-state index in [0.29, 0.717) is 25.1 Å². The van der Waals surface area contributed by atoms with E-state index < -0.39 is 12.8 Å². The average molecular weight is 357 g/mol. The maximum absolute atomic E-state index is 12.2. The number of carbonyl (C=O) groups excluding carboxylic acids is 1. The lowest BCUT2D eigenvalue weighted by Crippen LogP contribution is -2.19. The third kappa shape index (κ3) is 8.51. The van der Waals surface area contributed by atoms with Crippen LogP contribution in [0.5, 0.6) is 11.5 Å². The second-order valence-corrected chi connectivity index (χ2v) is 4.52. The highest BCUT2D eigenvalue weighted by molar-refractivity contribution is 5.91. The number of benzene rings is 1. The summed E-state index contributed by atoms with van der Waals surface area (Å²) in [5.41, 5.74) is 0.354. The predicted octanol–water partition coefficient (Wildman–Crippen LogP) is 3.00. The van der Waals surface area contributed by atoms with Crippen LogP contribution in [0.25, 0.3) is 0 Å². The molecule has 0 aliphatic carbocycles. The number of alkyl halides is 3. The summed E-state index contributed by atoms with van der Waals surface area (Å²) >= 11 is 0. The zero-order valence-corrected chi connectivity index (χ0v) is 13.6. The van der Waals surface area contributed by atoms with Crippen molar-refractivity contribution in [2.75, 3.05) is 32.6 Å². The van der Waals surface area contributed by atoms with Gasteiger partial charge in [-0.25, -0.2) is 0 Å². The lowest BCUT2D eigenvalue weighted by molar-refractivity contribution is -0.153. The molecule has 0 aliphatic rings. The van der Waals surface area contributed by atoms with Crippen molar-refractivity contribution < 1.29 is 27.4 Å². The molecule has 2 N–H and O–H groups in total. The maximum Gasteiger partial charge on any atom is 0.422 e. The van der Waals surface area contributed by atoms with Gasteiger partial charge in [0.05, 0.1) is 7.11 Å². The van der Waals surface area contributed by atoms with Crippen LogP contribution in [0.1, 0.15) is 12.8 Å². The van der Waals surface area contributed by atoms with E-state index in [9.17, 15) is 18.0 Å². The summed E-state index contributed by atoms with van der Waals surface area (Å²) in [7, 11) is 3.11. The number of ether oxygens (including phenoxy) is 2. The second kappa shape index (κ2) is 10.2. The van der Waals surface area contributed by atoms with Gasteiger partial charge in [0, 0.05) is 18.2 Å². The Kier molecular flexibility index (Phi) is 9.43. The number of hydrogen-bond donors (Lipinski definition) is 2. The van der Waals surface area contributed by atoms with Crippen LogP contribution in [0.15, 0.2) is 18.2 Å². The molecule has 1 aromatic carbocycles.